The second kappa shape index (κ2) is 6.76. The van der Waals surface area contributed by atoms with Crippen molar-refractivity contribution in [1.29, 1.82) is 0 Å². The lowest BCUT2D eigenvalue weighted by molar-refractivity contribution is 0.0496. The predicted molar refractivity (Wildman–Crippen MR) is 90.5 cm³/mol. The molecule has 126 valence electrons. The molecule has 0 bridgehead atoms. The second-order valence-electron chi connectivity index (χ2n) is 5.82. The number of fused-ring (bicyclic) bond motifs is 1. The number of carbonyl (C=O) groups excluding carboxylic acids is 1. The van der Waals surface area contributed by atoms with E-state index >= 15 is 0 Å². The maximum atomic E-state index is 12.2. The fraction of sp³-hybridized carbons (Fsp3) is 0.412. The van der Waals surface area contributed by atoms with E-state index in [0.29, 0.717) is 29.0 Å². The van der Waals surface area contributed by atoms with Crippen molar-refractivity contribution >= 4 is 17.7 Å². The summed E-state index contributed by atoms with van der Waals surface area (Å²) in [6, 6.07) is 7.28. The predicted octanol–water partition coefficient (Wildman–Crippen LogP) is 3.25. The lowest BCUT2D eigenvalue weighted by Gasteiger charge is -2.20. The Morgan fingerprint density at radius 2 is 2.21 bits per heavy atom. The van der Waals surface area contributed by atoms with Crippen molar-refractivity contribution < 1.29 is 19.0 Å². The first-order valence-electron chi connectivity index (χ1n) is 8.04. The molecule has 7 heteroatoms. The Labute approximate surface area is 143 Å². The number of nitrogens with one attached hydrogen (secondary N) is 1. The molecule has 2 aliphatic rings. The summed E-state index contributed by atoms with van der Waals surface area (Å²) in [6.07, 6.45) is 3.59. The summed E-state index contributed by atoms with van der Waals surface area (Å²) in [5.41, 5.74) is 1.90. The van der Waals surface area contributed by atoms with E-state index in [1.807, 2.05) is 30.0 Å². The molecule has 24 heavy (non-hydrogen) atoms. The molecule has 1 aromatic carbocycles. The van der Waals surface area contributed by atoms with Crippen molar-refractivity contribution in [2.45, 2.75) is 24.5 Å². The molecular formula is C17H18N2O4S. The Morgan fingerprint density at radius 1 is 1.29 bits per heavy atom. The molecule has 0 saturated carbocycles. The molecule has 4 rings (SSSR count). The zero-order chi connectivity index (χ0) is 16.4. The summed E-state index contributed by atoms with van der Waals surface area (Å²) in [5, 5.41) is 7.37. The van der Waals surface area contributed by atoms with Crippen molar-refractivity contribution in [2.75, 3.05) is 19.2 Å². The van der Waals surface area contributed by atoms with Crippen molar-refractivity contribution in [3.63, 3.8) is 0 Å². The number of esters is 1. The molecule has 1 N–H and O–H groups in total. The third-order valence-electron chi connectivity index (χ3n) is 4.14. The summed E-state index contributed by atoms with van der Waals surface area (Å²) >= 11 is 1.89. The molecule has 0 radical (unpaired) electrons. The van der Waals surface area contributed by atoms with Gasteiger partial charge in [0.1, 0.15) is 12.3 Å². The summed E-state index contributed by atoms with van der Waals surface area (Å²) in [7, 11) is 0. The fourth-order valence-corrected chi connectivity index (χ4v) is 4.02. The monoisotopic (exact) mass is 346 g/mol. The Balaban J connectivity index is 1.41. The van der Waals surface area contributed by atoms with E-state index in [0.717, 1.165) is 23.5 Å². The van der Waals surface area contributed by atoms with E-state index in [9.17, 15) is 4.79 Å². The van der Waals surface area contributed by atoms with Crippen LogP contribution < -0.4 is 9.47 Å². The summed E-state index contributed by atoms with van der Waals surface area (Å²) in [6.45, 7) is 0.692. The van der Waals surface area contributed by atoms with Gasteiger partial charge in [0.2, 0.25) is 6.79 Å². The van der Waals surface area contributed by atoms with Gasteiger partial charge in [-0.1, -0.05) is 6.42 Å². The zero-order valence-electron chi connectivity index (χ0n) is 13.1. The second-order valence-corrected chi connectivity index (χ2v) is 7.23. The van der Waals surface area contributed by atoms with Crippen LogP contribution in [0.3, 0.4) is 0 Å². The lowest BCUT2D eigenvalue weighted by atomic mass is 10.1. The Hall–Kier alpha value is -2.15. The number of carbonyl (C=O) groups is 1. The zero-order valence-corrected chi connectivity index (χ0v) is 13.9. The standard InChI is InChI=1S/C17H18N2O4S/c20-17(21-9-12-3-1-2-6-24-12)14-8-13(18-19-14)11-4-5-15-16(7-11)23-10-22-15/h4-5,7-8,12H,1-3,6,9-10H2,(H,18,19). The molecule has 2 aliphatic heterocycles. The number of ether oxygens (including phenoxy) is 3. The number of hydrogen-bond acceptors (Lipinski definition) is 6. The lowest BCUT2D eigenvalue weighted by Crippen LogP contribution is -2.19. The van der Waals surface area contributed by atoms with E-state index in [1.165, 1.54) is 12.8 Å². The van der Waals surface area contributed by atoms with Crippen LogP contribution in [0.25, 0.3) is 11.3 Å². The number of aromatic nitrogens is 2. The molecule has 6 nitrogen and oxygen atoms in total. The van der Waals surface area contributed by atoms with Gasteiger partial charge >= 0.3 is 5.97 Å². The number of thioether (sulfide) groups is 1. The number of benzene rings is 1. The van der Waals surface area contributed by atoms with Crippen molar-refractivity contribution in [3.8, 4) is 22.8 Å². The van der Waals surface area contributed by atoms with Crippen LogP contribution in [0.5, 0.6) is 11.5 Å². The molecule has 0 aliphatic carbocycles. The van der Waals surface area contributed by atoms with Crippen LogP contribution in [0.1, 0.15) is 29.8 Å². The van der Waals surface area contributed by atoms with E-state index < -0.39 is 0 Å². The van der Waals surface area contributed by atoms with E-state index in [-0.39, 0.29) is 12.8 Å². The van der Waals surface area contributed by atoms with Crippen LogP contribution in [-0.2, 0) is 4.74 Å². The molecule has 0 amide bonds. The van der Waals surface area contributed by atoms with Crippen molar-refractivity contribution in [3.05, 3.63) is 30.0 Å². The highest BCUT2D eigenvalue weighted by atomic mass is 32.2. The first-order valence-corrected chi connectivity index (χ1v) is 9.08. The minimum atomic E-state index is -0.360. The highest BCUT2D eigenvalue weighted by molar-refractivity contribution is 7.99. The molecule has 1 saturated heterocycles. The Kier molecular flexibility index (Phi) is 4.34. The summed E-state index contributed by atoms with van der Waals surface area (Å²) in [5.74, 6) is 2.20. The van der Waals surface area contributed by atoms with Gasteiger partial charge in [0.15, 0.2) is 11.5 Å². The maximum Gasteiger partial charge on any atom is 0.356 e. The normalized spacial score (nSPS) is 19.2. The van der Waals surface area contributed by atoms with Crippen LogP contribution >= 0.6 is 11.8 Å². The largest absolute Gasteiger partial charge is 0.460 e. The average Bonchev–Trinajstić information content (AvgIpc) is 3.29. The molecule has 1 unspecified atom stereocenters. The third-order valence-corrected chi connectivity index (χ3v) is 5.51. The van der Waals surface area contributed by atoms with Crippen LogP contribution in [0.15, 0.2) is 24.3 Å². The first kappa shape index (κ1) is 15.4. The quantitative estimate of drug-likeness (QED) is 0.857. The molecular weight excluding hydrogens is 328 g/mol. The summed E-state index contributed by atoms with van der Waals surface area (Å²) in [4.78, 5) is 12.2. The van der Waals surface area contributed by atoms with Gasteiger partial charge in [-0.15, -0.1) is 0 Å². The van der Waals surface area contributed by atoms with E-state index in [4.69, 9.17) is 14.2 Å². The van der Waals surface area contributed by atoms with Gasteiger partial charge in [0.05, 0.1) is 5.69 Å². The number of rotatable bonds is 4. The Morgan fingerprint density at radius 3 is 3.08 bits per heavy atom. The third kappa shape index (κ3) is 3.21. The highest BCUT2D eigenvalue weighted by Crippen LogP contribution is 2.35. The van der Waals surface area contributed by atoms with Gasteiger partial charge in [0, 0.05) is 10.8 Å². The molecule has 1 fully saturated rings. The number of hydrogen-bond donors (Lipinski definition) is 1. The van der Waals surface area contributed by atoms with Gasteiger partial charge in [0.25, 0.3) is 0 Å². The molecule has 1 aromatic heterocycles. The molecule has 0 spiro atoms. The van der Waals surface area contributed by atoms with Crippen LogP contribution in [-0.4, -0.2) is 40.6 Å². The van der Waals surface area contributed by atoms with Gasteiger partial charge < -0.3 is 14.2 Å². The Bertz CT molecular complexity index is 740. The topological polar surface area (TPSA) is 73.4 Å². The highest BCUT2D eigenvalue weighted by Gasteiger charge is 2.19. The average molecular weight is 346 g/mol. The maximum absolute atomic E-state index is 12.2. The first-order chi connectivity index (χ1) is 11.8. The summed E-state index contributed by atoms with van der Waals surface area (Å²) < 4.78 is 16.1. The fourth-order valence-electron chi connectivity index (χ4n) is 2.82. The van der Waals surface area contributed by atoms with Crippen molar-refractivity contribution in [2.24, 2.45) is 0 Å². The van der Waals surface area contributed by atoms with Gasteiger partial charge in [-0.3, -0.25) is 5.10 Å². The van der Waals surface area contributed by atoms with Gasteiger partial charge in [-0.05, 0) is 42.9 Å². The molecule has 2 aromatic rings. The minimum Gasteiger partial charge on any atom is -0.460 e. The number of H-pyrrole nitrogens is 1. The van der Waals surface area contributed by atoms with E-state index in [1.54, 1.807) is 6.07 Å². The molecule has 1 atom stereocenters. The van der Waals surface area contributed by atoms with Gasteiger partial charge in [-0.2, -0.15) is 16.9 Å². The van der Waals surface area contributed by atoms with Crippen LogP contribution in [0, 0.1) is 0 Å². The molecule has 3 heterocycles. The smallest absolute Gasteiger partial charge is 0.356 e. The minimum absolute atomic E-state index is 0.232. The van der Waals surface area contributed by atoms with Crippen LogP contribution in [0.4, 0.5) is 0 Å². The number of nitrogens with zero attached hydrogens (tertiary/aromatic N) is 1. The van der Waals surface area contributed by atoms with Gasteiger partial charge in [-0.25, -0.2) is 4.79 Å². The SMILES string of the molecule is O=C(OCC1CCCCS1)c1cc(-c2ccc3c(c2)OCO3)n[nH]1. The van der Waals surface area contributed by atoms with Crippen molar-refractivity contribution in [1.82, 2.24) is 10.2 Å². The number of aromatic amines is 1. The van der Waals surface area contributed by atoms with Crippen LogP contribution in [0.2, 0.25) is 0 Å². The van der Waals surface area contributed by atoms with E-state index in [2.05, 4.69) is 10.2 Å².